The minimum atomic E-state index is -1.61. The minimum absolute atomic E-state index is 0.00780. The summed E-state index contributed by atoms with van der Waals surface area (Å²) in [5.74, 6) is 5.71. The molecule has 0 radical (unpaired) electrons. The summed E-state index contributed by atoms with van der Waals surface area (Å²) >= 11 is -1.61. The summed E-state index contributed by atoms with van der Waals surface area (Å²) in [6.07, 6.45) is 2.66. The average Bonchev–Trinajstić information content (AvgIpc) is 3.33. The number of hydrogen-bond acceptors (Lipinski definition) is 5. The van der Waals surface area contributed by atoms with Crippen molar-refractivity contribution in [3.8, 4) is 17.6 Å². The molecule has 0 aromatic heterocycles. The first-order valence-electron chi connectivity index (χ1n) is 10.2. The zero-order valence-corrected chi connectivity index (χ0v) is 18.3. The molecule has 1 unspecified atom stereocenters. The Bertz CT molecular complexity index is 803. The van der Waals surface area contributed by atoms with E-state index < -0.39 is 21.9 Å². The Balaban J connectivity index is 1.71. The number of hydrogen-bond donors (Lipinski definition) is 0. The molecule has 2 aliphatic heterocycles. The number of methoxy groups -OCH3 is 1. The first-order chi connectivity index (χ1) is 14.5. The zero-order chi connectivity index (χ0) is 21.6. The molecule has 1 atom stereocenters. The van der Waals surface area contributed by atoms with Crippen LogP contribution in [0.2, 0.25) is 0 Å². The van der Waals surface area contributed by atoms with E-state index in [1.165, 1.54) is 7.11 Å². The fourth-order valence-electron chi connectivity index (χ4n) is 3.90. The lowest BCUT2D eigenvalue weighted by molar-refractivity contribution is -0.145. The number of carbonyl (C=O) groups is 2. The van der Waals surface area contributed by atoms with E-state index in [9.17, 15) is 14.1 Å². The van der Waals surface area contributed by atoms with Crippen molar-refractivity contribution < 1.29 is 23.6 Å². The van der Waals surface area contributed by atoms with Crippen LogP contribution in [0.4, 0.5) is 4.79 Å². The number of esters is 1. The van der Waals surface area contributed by atoms with Crippen LogP contribution in [-0.2, 0) is 20.7 Å². The second kappa shape index (κ2) is 10.1. The highest BCUT2D eigenvalue weighted by Gasteiger charge is 2.54. The average molecular weight is 433 g/mol. The summed E-state index contributed by atoms with van der Waals surface area (Å²) in [4.78, 5) is 29.5. The van der Waals surface area contributed by atoms with Crippen molar-refractivity contribution in [2.24, 2.45) is 0 Å². The highest BCUT2D eigenvalue weighted by atomic mass is 32.2. The monoisotopic (exact) mass is 432 g/mol. The van der Waals surface area contributed by atoms with Crippen molar-refractivity contribution >= 4 is 23.2 Å². The van der Waals surface area contributed by atoms with Crippen molar-refractivity contribution in [3.05, 3.63) is 24.3 Å². The Hall–Kier alpha value is -2.37. The van der Waals surface area contributed by atoms with Crippen LogP contribution in [0.1, 0.15) is 32.6 Å². The van der Waals surface area contributed by atoms with E-state index in [-0.39, 0.29) is 12.6 Å². The third-order valence-electron chi connectivity index (χ3n) is 5.66. The molecule has 8 heteroatoms. The van der Waals surface area contributed by atoms with Gasteiger partial charge in [-0.15, -0.1) is 5.92 Å². The predicted molar refractivity (Wildman–Crippen MR) is 114 cm³/mol. The Kier molecular flexibility index (Phi) is 7.51. The molecule has 0 saturated carbocycles. The van der Waals surface area contributed by atoms with E-state index in [1.54, 1.807) is 36.1 Å². The van der Waals surface area contributed by atoms with Gasteiger partial charge < -0.3 is 23.8 Å². The molecule has 1 aromatic rings. The van der Waals surface area contributed by atoms with Crippen LogP contribution < -0.4 is 4.74 Å². The second-order valence-electron chi connectivity index (χ2n) is 7.41. The van der Waals surface area contributed by atoms with Crippen LogP contribution in [0.5, 0.6) is 5.75 Å². The summed E-state index contributed by atoms with van der Waals surface area (Å²) < 4.78 is 22.8. The van der Waals surface area contributed by atoms with Gasteiger partial charge in [0.25, 0.3) is 0 Å². The molecule has 1 aromatic carbocycles. The fraction of sp³-hybridized carbons (Fsp3) is 0.545. The number of amides is 2. The van der Waals surface area contributed by atoms with Gasteiger partial charge in [-0.25, -0.2) is 9.59 Å². The highest BCUT2D eigenvalue weighted by molar-refractivity contribution is 7.93. The number of likely N-dealkylation sites (tertiary alicyclic amines) is 2. The molecule has 2 fully saturated rings. The van der Waals surface area contributed by atoms with Crippen LogP contribution in [0.25, 0.3) is 0 Å². The fourth-order valence-corrected chi connectivity index (χ4v) is 5.52. The first-order valence-corrected chi connectivity index (χ1v) is 11.3. The van der Waals surface area contributed by atoms with E-state index in [0.717, 1.165) is 25.9 Å². The predicted octanol–water partition coefficient (Wildman–Crippen LogP) is 2.42. The van der Waals surface area contributed by atoms with Crippen LogP contribution in [-0.4, -0.2) is 71.0 Å². The van der Waals surface area contributed by atoms with Gasteiger partial charge in [-0.2, -0.15) is 0 Å². The molecule has 2 saturated heterocycles. The van der Waals surface area contributed by atoms with Crippen LogP contribution in [0, 0.1) is 11.8 Å². The molecule has 0 bridgehead atoms. The number of piperidine rings is 1. The lowest BCUT2D eigenvalue weighted by atomic mass is 9.96. The lowest BCUT2D eigenvalue weighted by Gasteiger charge is -2.40. The summed E-state index contributed by atoms with van der Waals surface area (Å²) in [7, 11) is 1.31. The van der Waals surface area contributed by atoms with Gasteiger partial charge in [-0.3, -0.25) is 0 Å². The molecule has 2 amide bonds. The maximum absolute atomic E-state index is 13.5. The smallest absolute Gasteiger partial charge is 0.362 e. The standard InChI is InChI=1S/C22H28N2O5S/c1-3-4-17-29-18-7-9-19(10-8-18)30(27)22(20(25)28-2)11-15-24(16-12-22)21(26)23-13-5-6-14-23/h7-10H,5-6,11-17H2,1-2H3. The zero-order valence-electron chi connectivity index (χ0n) is 17.5. The van der Waals surface area contributed by atoms with Crippen molar-refractivity contribution in [2.75, 3.05) is 39.9 Å². The number of benzene rings is 1. The summed E-state index contributed by atoms with van der Waals surface area (Å²) in [6.45, 7) is 4.35. The minimum Gasteiger partial charge on any atom is -0.611 e. The van der Waals surface area contributed by atoms with E-state index in [1.807, 2.05) is 4.90 Å². The molecular weight excluding hydrogens is 404 g/mol. The van der Waals surface area contributed by atoms with Gasteiger partial charge in [0.05, 0.1) is 7.11 Å². The number of urea groups is 1. The number of carbonyl (C=O) groups excluding carboxylic acids is 2. The summed E-state index contributed by atoms with van der Waals surface area (Å²) in [5.41, 5.74) is 0. The van der Waals surface area contributed by atoms with E-state index in [2.05, 4.69) is 11.8 Å². The van der Waals surface area contributed by atoms with Crippen LogP contribution in [0.15, 0.2) is 29.2 Å². The van der Waals surface area contributed by atoms with Crippen molar-refractivity contribution in [1.82, 2.24) is 9.80 Å². The van der Waals surface area contributed by atoms with Gasteiger partial charge in [0.1, 0.15) is 12.4 Å². The van der Waals surface area contributed by atoms with Gasteiger partial charge in [0.2, 0.25) is 4.75 Å². The van der Waals surface area contributed by atoms with E-state index >= 15 is 0 Å². The van der Waals surface area contributed by atoms with E-state index in [0.29, 0.717) is 36.6 Å². The molecule has 0 N–H and O–H groups in total. The van der Waals surface area contributed by atoms with Crippen LogP contribution in [0.3, 0.4) is 0 Å². The molecule has 3 rings (SSSR count). The normalized spacial score (nSPS) is 18.9. The molecule has 7 nitrogen and oxygen atoms in total. The highest BCUT2D eigenvalue weighted by Crippen LogP contribution is 2.37. The SMILES string of the molecule is CC#CCOc1ccc([S+]([O-])C2(C(=O)OC)CCN(C(=O)N3CCCC3)CC2)cc1. The summed E-state index contributed by atoms with van der Waals surface area (Å²) in [5, 5.41) is 0. The largest absolute Gasteiger partial charge is 0.611 e. The third kappa shape index (κ3) is 4.68. The third-order valence-corrected chi connectivity index (χ3v) is 7.64. The molecule has 30 heavy (non-hydrogen) atoms. The Morgan fingerprint density at radius 1 is 1.10 bits per heavy atom. The van der Waals surface area contributed by atoms with Gasteiger partial charge in [-0.05, 0) is 44.0 Å². The molecule has 162 valence electrons. The van der Waals surface area contributed by atoms with Gasteiger partial charge in [-0.1, -0.05) is 5.92 Å². The van der Waals surface area contributed by atoms with Crippen molar-refractivity contribution in [2.45, 2.75) is 42.2 Å². The number of nitrogens with zero attached hydrogens (tertiary/aromatic N) is 2. The Morgan fingerprint density at radius 3 is 2.27 bits per heavy atom. The lowest BCUT2D eigenvalue weighted by Crippen LogP contribution is -2.57. The van der Waals surface area contributed by atoms with Gasteiger partial charge in [0, 0.05) is 50.2 Å². The van der Waals surface area contributed by atoms with Crippen LogP contribution >= 0.6 is 0 Å². The van der Waals surface area contributed by atoms with E-state index in [4.69, 9.17) is 9.47 Å². The molecule has 0 spiro atoms. The molecule has 2 aliphatic rings. The van der Waals surface area contributed by atoms with Gasteiger partial charge >= 0.3 is 12.0 Å². The quantitative estimate of drug-likeness (QED) is 0.405. The summed E-state index contributed by atoms with van der Waals surface area (Å²) in [6, 6.07) is 6.87. The molecular formula is C22H28N2O5S. The maximum Gasteiger partial charge on any atom is 0.362 e. The van der Waals surface area contributed by atoms with Crippen molar-refractivity contribution in [3.63, 3.8) is 0 Å². The van der Waals surface area contributed by atoms with Crippen molar-refractivity contribution in [1.29, 1.82) is 0 Å². The second-order valence-corrected chi connectivity index (χ2v) is 9.20. The number of ether oxygens (including phenoxy) is 2. The molecule has 2 heterocycles. The topological polar surface area (TPSA) is 82.1 Å². The number of rotatable bonds is 5. The maximum atomic E-state index is 13.5. The Labute approximate surface area is 180 Å². The van der Waals surface area contributed by atoms with Gasteiger partial charge in [0.15, 0.2) is 4.90 Å². The Morgan fingerprint density at radius 2 is 1.70 bits per heavy atom. The first kappa shape index (κ1) is 22.3. The molecule has 0 aliphatic carbocycles.